The van der Waals surface area contributed by atoms with E-state index in [2.05, 4.69) is 20.9 Å². The number of H-pyrrole nitrogens is 1. The van der Waals surface area contributed by atoms with Gasteiger partial charge in [-0.1, -0.05) is 38.5 Å². The van der Waals surface area contributed by atoms with Gasteiger partial charge in [0.1, 0.15) is 18.6 Å². The Balaban J connectivity index is 2.11. The highest BCUT2D eigenvalue weighted by atomic mass is 16.4. The number of hydrogen-bond acceptors (Lipinski definition) is 6. The minimum atomic E-state index is -1.27. The lowest BCUT2D eigenvalue weighted by Crippen LogP contribution is -2.58. The maximum atomic E-state index is 13.1. The third kappa shape index (κ3) is 8.08. The Labute approximate surface area is 208 Å². The molecule has 4 amide bonds. The van der Waals surface area contributed by atoms with Gasteiger partial charge < -0.3 is 37.5 Å². The van der Waals surface area contributed by atoms with Crippen LogP contribution in [0.1, 0.15) is 38.7 Å². The number of carbonyl (C=O) groups is 5. The highest BCUT2D eigenvalue weighted by Crippen LogP contribution is 2.19. The Morgan fingerprint density at radius 2 is 1.75 bits per heavy atom. The first-order valence-corrected chi connectivity index (χ1v) is 11.7. The zero-order valence-corrected chi connectivity index (χ0v) is 20.4. The number of para-hydroxylation sites is 1. The highest BCUT2D eigenvalue weighted by molar-refractivity contribution is 5.94. The SMILES string of the molecule is CCC(C)C(NC(=O)C(N)Cc1c[nH]c2ccccc12)C(=O)NC(CCC(N)=O)C(=O)NCC(=O)O. The lowest BCUT2D eigenvalue weighted by atomic mass is 9.96. The van der Waals surface area contributed by atoms with Crippen LogP contribution >= 0.6 is 0 Å². The first-order valence-electron chi connectivity index (χ1n) is 11.7. The fourth-order valence-electron chi connectivity index (χ4n) is 3.70. The normalized spacial score (nSPS) is 14.3. The molecule has 1 aromatic carbocycles. The second kappa shape index (κ2) is 13.2. The van der Waals surface area contributed by atoms with Gasteiger partial charge in [-0.25, -0.2) is 0 Å². The van der Waals surface area contributed by atoms with Crippen LogP contribution in [0, 0.1) is 5.92 Å². The van der Waals surface area contributed by atoms with E-state index in [0.717, 1.165) is 16.5 Å². The second-order valence-corrected chi connectivity index (χ2v) is 8.72. The smallest absolute Gasteiger partial charge is 0.322 e. The third-order valence-electron chi connectivity index (χ3n) is 5.97. The van der Waals surface area contributed by atoms with E-state index in [1.165, 1.54) is 0 Å². The minimum Gasteiger partial charge on any atom is -0.480 e. The molecular formula is C24H34N6O6. The molecule has 4 unspecified atom stereocenters. The summed E-state index contributed by atoms with van der Waals surface area (Å²) >= 11 is 0. The number of fused-ring (bicyclic) bond motifs is 1. The first-order chi connectivity index (χ1) is 17.0. The van der Waals surface area contributed by atoms with Crippen molar-refractivity contribution in [1.82, 2.24) is 20.9 Å². The summed E-state index contributed by atoms with van der Waals surface area (Å²) in [7, 11) is 0. The summed E-state index contributed by atoms with van der Waals surface area (Å²) in [5, 5.41) is 17.1. The molecule has 12 nitrogen and oxygen atoms in total. The van der Waals surface area contributed by atoms with Gasteiger partial charge in [-0.05, 0) is 30.4 Å². The molecular weight excluding hydrogens is 468 g/mol. The number of nitrogens with two attached hydrogens (primary N) is 2. The molecule has 1 heterocycles. The molecule has 2 aromatic rings. The van der Waals surface area contributed by atoms with Crippen molar-refractivity contribution < 1.29 is 29.1 Å². The summed E-state index contributed by atoms with van der Waals surface area (Å²) in [6.45, 7) is 2.95. The zero-order chi connectivity index (χ0) is 26.8. The van der Waals surface area contributed by atoms with Crippen molar-refractivity contribution >= 4 is 40.5 Å². The second-order valence-electron chi connectivity index (χ2n) is 8.72. The highest BCUT2D eigenvalue weighted by Gasteiger charge is 2.31. The van der Waals surface area contributed by atoms with Gasteiger partial charge >= 0.3 is 5.97 Å². The van der Waals surface area contributed by atoms with Crippen molar-refractivity contribution in [1.29, 1.82) is 0 Å². The van der Waals surface area contributed by atoms with Crippen molar-refractivity contribution in [2.24, 2.45) is 17.4 Å². The fourth-order valence-corrected chi connectivity index (χ4v) is 3.70. The van der Waals surface area contributed by atoms with Crippen LogP contribution in [0.4, 0.5) is 0 Å². The Kier molecular flexibility index (Phi) is 10.4. The van der Waals surface area contributed by atoms with Gasteiger partial charge in [0.15, 0.2) is 0 Å². The maximum absolute atomic E-state index is 13.1. The van der Waals surface area contributed by atoms with E-state index < -0.39 is 54.3 Å². The number of aromatic nitrogens is 1. The van der Waals surface area contributed by atoms with E-state index in [-0.39, 0.29) is 25.2 Å². The monoisotopic (exact) mass is 502 g/mol. The topological polar surface area (TPSA) is 209 Å². The van der Waals surface area contributed by atoms with Gasteiger partial charge in [0.05, 0.1) is 6.04 Å². The van der Waals surface area contributed by atoms with Crippen LogP contribution in [0.2, 0.25) is 0 Å². The van der Waals surface area contributed by atoms with Gasteiger partial charge in [-0.15, -0.1) is 0 Å². The number of aromatic amines is 1. The number of benzene rings is 1. The summed E-state index contributed by atoms with van der Waals surface area (Å²) in [4.78, 5) is 63.6. The molecule has 0 bridgehead atoms. The molecule has 4 atom stereocenters. The molecule has 9 N–H and O–H groups in total. The standard InChI is InChI=1S/C24H34N6O6/c1-3-13(2)21(24(36)29-18(8-9-19(26)31)23(35)28-12-20(32)33)30-22(34)16(25)10-14-11-27-17-7-5-4-6-15(14)17/h4-7,11,13,16,18,21,27H,3,8-10,12,25H2,1-2H3,(H2,26,31)(H,28,35)(H,29,36)(H,30,34)(H,32,33). The van der Waals surface area contributed by atoms with Gasteiger partial charge in [0, 0.05) is 23.5 Å². The predicted octanol–water partition coefficient (Wildman–Crippen LogP) is -0.480. The average molecular weight is 503 g/mol. The largest absolute Gasteiger partial charge is 0.480 e. The van der Waals surface area contributed by atoms with Crippen molar-refractivity contribution in [2.45, 2.75) is 57.7 Å². The number of carboxylic acid groups (broad SMARTS) is 1. The molecule has 0 aliphatic carbocycles. The van der Waals surface area contributed by atoms with Crippen LogP contribution in [0.15, 0.2) is 30.5 Å². The number of rotatable bonds is 14. The third-order valence-corrected chi connectivity index (χ3v) is 5.97. The average Bonchev–Trinajstić information content (AvgIpc) is 3.25. The Hall–Kier alpha value is -3.93. The number of nitrogens with one attached hydrogen (secondary N) is 4. The molecule has 196 valence electrons. The van der Waals surface area contributed by atoms with E-state index >= 15 is 0 Å². The number of amides is 4. The predicted molar refractivity (Wildman–Crippen MR) is 132 cm³/mol. The van der Waals surface area contributed by atoms with Crippen LogP contribution in [0.3, 0.4) is 0 Å². The van der Waals surface area contributed by atoms with Gasteiger partial charge in [0.2, 0.25) is 23.6 Å². The maximum Gasteiger partial charge on any atom is 0.322 e. The summed E-state index contributed by atoms with van der Waals surface area (Å²) in [6, 6.07) is 4.44. The number of aliphatic carboxylic acids is 1. The lowest BCUT2D eigenvalue weighted by molar-refractivity contribution is -0.139. The van der Waals surface area contributed by atoms with Crippen molar-refractivity contribution in [3.8, 4) is 0 Å². The van der Waals surface area contributed by atoms with Crippen LogP contribution in [-0.4, -0.2) is 64.4 Å². The lowest BCUT2D eigenvalue weighted by Gasteiger charge is -2.27. The van der Waals surface area contributed by atoms with E-state index in [1.807, 2.05) is 31.2 Å². The molecule has 0 radical (unpaired) electrons. The summed E-state index contributed by atoms with van der Waals surface area (Å²) < 4.78 is 0. The van der Waals surface area contributed by atoms with Crippen molar-refractivity contribution in [3.63, 3.8) is 0 Å². The van der Waals surface area contributed by atoms with Gasteiger partial charge in [-0.2, -0.15) is 0 Å². The Morgan fingerprint density at radius 1 is 1.06 bits per heavy atom. The van der Waals surface area contributed by atoms with Gasteiger partial charge in [-0.3, -0.25) is 24.0 Å². The van der Waals surface area contributed by atoms with E-state index in [1.54, 1.807) is 13.1 Å². The molecule has 0 fully saturated rings. The summed E-state index contributed by atoms with van der Waals surface area (Å²) in [5.41, 5.74) is 13.1. The summed E-state index contributed by atoms with van der Waals surface area (Å²) in [6.07, 6.45) is 2.22. The first kappa shape index (κ1) is 28.3. The van der Waals surface area contributed by atoms with E-state index in [9.17, 15) is 24.0 Å². The number of hydrogen-bond donors (Lipinski definition) is 7. The van der Waals surface area contributed by atoms with Crippen LogP contribution in [0.25, 0.3) is 10.9 Å². The fraction of sp³-hybridized carbons (Fsp3) is 0.458. The molecule has 0 saturated carbocycles. The molecule has 0 saturated heterocycles. The number of carboxylic acids is 1. The number of carbonyl (C=O) groups excluding carboxylic acids is 4. The Morgan fingerprint density at radius 3 is 2.39 bits per heavy atom. The van der Waals surface area contributed by atoms with Crippen LogP contribution in [-0.2, 0) is 30.4 Å². The molecule has 0 aliphatic rings. The van der Waals surface area contributed by atoms with Gasteiger partial charge in [0.25, 0.3) is 0 Å². The van der Waals surface area contributed by atoms with Crippen LogP contribution in [0.5, 0.6) is 0 Å². The molecule has 1 aromatic heterocycles. The zero-order valence-electron chi connectivity index (χ0n) is 20.4. The minimum absolute atomic E-state index is 0.131. The molecule has 36 heavy (non-hydrogen) atoms. The molecule has 0 aliphatic heterocycles. The molecule has 12 heteroatoms. The molecule has 0 spiro atoms. The van der Waals surface area contributed by atoms with Crippen molar-refractivity contribution in [3.05, 3.63) is 36.0 Å². The quantitative estimate of drug-likeness (QED) is 0.180. The number of primary amides is 1. The van der Waals surface area contributed by atoms with Crippen molar-refractivity contribution in [2.75, 3.05) is 6.54 Å². The molecule has 2 rings (SSSR count). The van der Waals surface area contributed by atoms with Crippen LogP contribution < -0.4 is 27.4 Å². The van der Waals surface area contributed by atoms with E-state index in [0.29, 0.717) is 6.42 Å². The van der Waals surface area contributed by atoms with E-state index in [4.69, 9.17) is 16.6 Å². The summed E-state index contributed by atoms with van der Waals surface area (Å²) in [5.74, 6) is -4.24. The Bertz CT molecular complexity index is 1100.